The number of hydrogen-bond acceptors (Lipinski definition) is 8. The average Bonchev–Trinajstić information content (AvgIpc) is 2.74. The van der Waals surface area contributed by atoms with Crippen LogP contribution in [0.4, 0.5) is 11.4 Å². The van der Waals surface area contributed by atoms with Crippen LogP contribution >= 0.6 is 0 Å². The maximum Gasteiger partial charge on any atom is 0.295 e. The van der Waals surface area contributed by atoms with Crippen LogP contribution in [-0.4, -0.2) is 57.3 Å². The van der Waals surface area contributed by atoms with Gasteiger partial charge in [0.15, 0.2) is 0 Å². The molecule has 0 spiro atoms. The van der Waals surface area contributed by atoms with Crippen LogP contribution in [0.5, 0.6) is 5.75 Å². The normalized spacial score (nSPS) is 15.3. The van der Waals surface area contributed by atoms with Gasteiger partial charge in [-0.3, -0.25) is 15.5 Å². The van der Waals surface area contributed by atoms with Gasteiger partial charge in [0.05, 0.1) is 36.4 Å². The maximum atomic E-state index is 12.7. The second-order valence-corrected chi connectivity index (χ2v) is 8.00. The van der Waals surface area contributed by atoms with Crippen molar-refractivity contribution in [2.75, 3.05) is 38.8 Å². The predicted molar refractivity (Wildman–Crippen MR) is 107 cm³/mol. The molecule has 1 saturated heterocycles. The summed E-state index contributed by atoms with van der Waals surface area (Å²) >= 11 is 0. The zero-order valence-corrected chi connectivity index (χ0v) is 16.5. The summed E-state index contributed by atoms with van der Waals surface area (Å²) in [5, 5.41) is 15.5. The van der Waals surface area contributed by atoms with Gasteiger partial charge in [0.1, 0.15) is 11.4 Å². The Labute approximate surface area is 167 Å². The third kappa shape index (κ3) is 4.70. The van der Waals surface area contributed by atoms with Crippen LogP contribution in [-0.2, 0) is 14.8 Å². The van der Waals surface area contributed by atoms with Crippen LogP contribution in [0.3, 0.4) is 0 Å². The van der Waals surface area contributed by atoms with Crippen LogP contribution in [0.2, 0.25) is 0 Å². The zero-order chi connectivity index (χ0) is 20.9. The molecule has 1 aliphatic heterocycles. The van der Waals surface area contributed by atoms with Crippen LogP contribution in [0.15, 0.2) is 52.5 Å². The molecule has 1 aliphatic rings. The van der Waals surface area contributed by atoms with E-state index in [9.17, 15) is 18.5 Å². The molecule has 0 amide bonds. The first-order valence-corrected chi connectivity index (χ1v) is 10.2. The van der Waals surface area contributed by atoms with Crippen molar-refractivity contribution >= 4 is 27.6 Å². The predicted octanol–water partition coefficient (Wildman–Crippen LogP) is 2.07. The number of anilines is 1. The lowest BCUT2D eigenvalue weighted by Crippen LogP contribution is -2.40. The Morgan fingerprint density at radius 3 is 2.66 bits per heavy atom. The highest BCUT2D eigenvalue weighted by atomic mass is 32.2. The largest absolute Gasteiger partial charge is 0.496 e. The minimum Gasteiger partial charge on any atom is -0.496 e. The monoisotopic (exact) mass is 420 g/mol. The maximum absolute atomic E-state index is 12.7. The Kier molecular flexibility index (Phi) is 6.42. The molecular weight excluding hydrogens is 400 g/mol. The molecule has 1 fully saturated rings. The van der Waals surface area contributed by atoms with Gasteiger partial charge < -0.3 is 9.47 Å². The molecule has 0 aliphatic carbocycles. The van der Waals surface area contributed by atoms with Gasteiger partial charge in [-0.25, -0.2) is 8.42 Å². The number of hydrazone groups is 1. The Balaban J connectivity index is 1.85. The SMILES string of the molecule is COc1ccccc1C=NNc1ccc(S(=O)(=O)N2CCOCC2)cc1[N+](=O)[O-]. The molecule has 2 aromatic carbocycles. The molecule has 154 valence electrons. The third-order valence-electron chi connectivity index (χ3n) is 4.30. The lowest BCUT2D eigenvalue weighted by molar-refractivity contribution is -0.384. The number of methoxy groups -OCH3 is 1. The fraction of sp³-hybridized carbons (Fsp3) is 0.278. The van der Waals surface area contributed by atoms with Crippen molar-refractivity contribution in [3.8, 4) is 5.75 Å². The average molecular weight is 420 g/mol. The smallest absolute Gasteiger partial charge is 0.295 e. The molecule has 1 N–H and O–H groups in total. The van der Waals surface area contributed by atoms with Gasteiger partial charge in [-0.2, -0.15) is 9.41 Å². The Hall–Kier alpha value is -3.02. The first-order chi connectivity index (χ1) is 13.9. The highest BCUT2D eigenvalue weighted by Gasteiger charge is 2.28. The first kappa shape index (κ1) is 20.7. The number of nitro groups is 1. The van der Waals surface area contributed by atoms with Crippen molar-refractivity contribution in [3.63, 3.8) is 0 Å². The van der Waals surface area contributed by atoms with E-state index < -0.39 is 20.6 Å². The minimum absolute atomic E-state index is 0.0714. The Morgan fingerprint density at radius 2 is 1.97 bits per heavy atom. The summed E-state index contributed by atoms with van der Waals surface area (Å²) < 4.78 is 37.1. The molecule has 2 aromatic rings. The summed E-state index contributed by atoms with van der Waals surface area (Å²) in [5.74, 6) is 0.597. The van der Waals surface area contributed by atoms with E-state index in [2.05, 4.69) is 10.5 Å². The molecule has 1 heterocycles. The highest BCUT2D eigenvalue weighted by Crippen LogP contribution is 2.29. The highest BCUT2D eigenvalue weighted by molar-refractivity contribution is 7.89. The summed E-state index contributed by atoms with van der Waals surface area (Å²) in [6, 6.07) is 10.8. The summed E-state index contributed by atoms with van der Waals surface area (Å²) in [4.78, 5) is 10.7. The summed E-state index contributed by atoms with van der Waals surface area (Å²) in [6.07, 6.45) is 1.46. The quantitative estimate of drug-likeness (QED) is 0.413. The second-order valence-electron chi connectivity index (χ2n) is 6.06. The van der Waals surface area contributed by atoms with Gasteiger partial charge in [-0.05, 0) is 24.3 Å². The molecule has 0 radical (unpaired) electrons. The Bertz CT molecular complexity index is 1020. The van der Waals surface area contributed by atoms with E-state index >= 15 is 0 Å². The van der Waals surface area contributed by atoms with Gasteiger partial charge >= 0.3 is 0 Å². The lowest BCUT2D eigenvalue weighted by atomic mass is 10.2. The van der Waals surface area contributed by atoms with Crippen molar-refractivity contribution in [2.45, 2.75) is 4.90 Å². The van der Waals surface area contributed by atoms with Crippen molar-refractivity contribution in [2.24, 2.45) is 5.10 Å². The lowest BCUT2D eigenvalue weighted by Gasteiger charge is -2.26. The standard InChI is InChI=1S/C18H20N4O6S/c1-27-18-5-3-2-4-14(18)13-19-20-16-7-6-15(12-17(16)22(23)24)29(25,26)21-8-10-28-11-9-21/h2-7,12-13,20H,8-11H2,1H3. The minimum atomic E-state index is -3.84. The van der Waals surface area contributed by atoms with E-state index in [1.165, 1.54) is 29.8 Å². The number of nitrogens with zero attached hydrogens (tertiary/aromatic N) is 3. The topological polar surface area (TPSA) is 123 Å². The van der Waals surface area contributed by atoms with E-state index in [1.807, 2.05) is 6.07 Å². The molecule has 0 bridgehead atoms. The number of benzene rings is 2. The van der Waals surface area contributed by atoms with Gasteiger partial charge in [-0.15, -0.1) is 0 Å². The summed E-state index contributed by atoms with van der Waals surface area (Å²) in [7, 11) is -2.31. The van der Waals surface area contributed by atoms with E-state index in [0.29, 0.717) is 24.5 Å². The number of hydrogen-bond donors (Lipinski definition) is 1. The third-order valence-corrected chi connectivity index (χ3v) is 6.20. The number of morpholine rings is 1. The number of nitrogens with one attached hydrogen (secondary N) is 1. The molecule has 0 atom stereocenters. The van der Waals surface area contributed by atoms with Gasteiger partial charge in [0.25, 0.3) is 5.69 Å². The number of para-hydroxylation sites is 1. The molecule has 11 heteroatoms. The number of nitro benzene ring substituents is 1. The number of rotatable bonds is 7. The van der Waals surface area contributed by atoms with Gasteiger partial charge in [0, 0.05) is 24.7 Å². The molecule has 3 rings (SSSR count). The van der Waals surface area contributed by atoms with Crippen LogP contribution < -0.4 is 10.2 Å². The van der Waals surface area contributed by atoms with Crippen molar-refractivity contribution in [1.82, 2.24) is 4.31 Å². The zero-order valence-electron chi connectivity index (χ0n) is 15.6. The molecule has 0 unspecified atom stereocenters. The van der Waals surface area contributed by atoms with Crippen LogP contribution in [0.25, 0.3) is 0 Å². The Morgan fingerprint density at radius 1 is 1.24 bits per heavy atom. The van der Waals surface area contributed by atoms with Crippen molar-refractivity contribution < 1.29 is 22.8 Å². The van der Waals surface area contributed by atoms with Crippen LogP contribution in [0, 0.1) is 10.1 Å². The van der Waals surface area contributed by atoms with E-state index in [4.69, 9.17) is 9.47 Å². The van der Waals surface area contributed by atoms with Crippen molar-refractivity contribution in [3.05, 3.63) is 58.1 Å². The van der Waals surface area contributed by atoms with Gasteiger partial charge in [-0.1, -0.05) is 12.1 Å². The molecule has 0 saturated carbocycles. The first-order valence-electron chi connectivity index (χ1n) is 8.72. The fourth-order valence-electron chi connectivity index (χ4n) is 2.80. The van der Waals surface area contributed by atoms with E-state index in [-0.39, 0.29) is 23.7 Å². The summed E-state index contributed by atoms with van der Waals surface area (Å²) in [6.45, 7) is 0.996. The molecular formula is C18H20N4O6S. The van der Waals surface area contributed by atoms with Gasteiger partial charge in [0.2, 0.25) is 10.0 Å². The second kappa shape index (κ2) is 8.99. The number of sulfonamides is 1. The van der Waals surface area contributed by atoms with E-state index in [0.717, 1.165) is 6.07 Å². The van der Waals surface area contributed by atoms with Crippen LogP contribution in [0.1, 0.15) is 5.56 Å². The molecule has 0 aromatic heterocycles. The summed E-state index contributed by atoms with van der Waals surface area (Å²) in [5.41, 5.74) is 2.95. The molecule has 29 heavy (non-hydrogen) atoms. The number of ether oxygens (including phenoxy) is 2. The van der Waals surface area contributed by atoms with Crippen molar-refractivity contribution in [1.29, 1.82) is 0 Å². The van der Waals surface area contributed by atoms with E-state index in [1.54, 1.807) is 18.2 Å². The molecule has 10 nitrogen and oxygen atoms in total. The fourth-order valence-corrected chi connectivity index (χ4v) is 4.23.